The van der Waals surface area contributed by atoms with Crippen molar-refractivity contribution in [2.24, 2.45) is 0 Å². The summed E-state index contributed by atoms with van der Waals surface area (Å²) < 4.78 is 24.1. The number of unbranched alkanes of at least 4 members (excludes halogenated alkanes) is 1. The van der Waals surface area contributed by atoms with Crippen LogP contribution >= 0.6 is 7.82 Å². The minimum Gasteiger partial charge on any atom is -0.404 e. The Labute approximate surface area is 261 Å². The number of fused-ring (bicyclic) bond motifs is 3. The van der Waals surface area contributed by atoms with Crippen molar-refractivity contribution in [2.45, 2.75) is 58.9 Å². The Balaban J connectivity index is 1.31. The number of benzene rings is 2. The van der Waals surface area contributed by atoms with Crippen LogP contribution in [0.3, 0.4) is 0 Å². The molecule has 12 nitrogen and oxygen atoms in total. The number of hydrogen-bond acceptors (Lipinski definition) is 8. The smallest absolute Gasteiger partial charge is 0.404 e. The summed E-state index contributed by atoms with van der Waals surface area (Å²) in [7, 11) is -4.67. The quantitative estimate of drug-likeness (QED) is 0.0953. The molecule has 4 aromatic rings. The van der Waals surface area contributed by atoms with Crippen LogP contribution in [0.5, 0.6) is 5.75 Å². The van der Waals surface area contributed by atoms with Crippen molar-refractivity contribution in [3.8, 4) is 5.75 Å². The number of imide groups is 1. The van der Waals surface area contributed by atoms with Gasteiger partial charge in [0.05, 0.1) is 11.0 Å². The van der Waals surface area contributed by atoms with Crippen molar-refractivity contribution < 1.29 is 33.2 Å². The summed E-state index contributed by atoms with van der Waals surface area (Å²) in [6, 6.07) is 11.4. The number of nitrogen functional groups attached to an aromatic ring is 1. The Morgan fingerprint density at radius 2 is 1.67 bits per heavy atom. The molecule has 0 unspecified atom stereocenters. The van der Waals surface area contributed by atoms with Crippen molar-refractivity contribution in [3.63, 3.8) is 0 Å². The van der Waals surface area contributed by atoms with Crippen molar-refractivity contribution >= 4 is 47.4 Å². The Bertz CT molecular complexity index is 1800. The highest BCUT2D eigenvalue weighted by Crippen LogP contribution is 2.39. The molecule has 238 valence electrons. The third-order valence-corrected chi connectivity index (χ3v) is 8.16. The molecule has 0 bridgehead atoms. The standard InChI is InChI=1S/C32H38N5O7P/c1-3-4-8-27-35-30-31(37(27)20-23-10-12-26(21(2)18-23)44-45(40,41)42)24-11-9-22(19-25(24)34-32(30)33)7-5-16-43-17-6-15-36-28(38)13-14-29(36)39/h9-14,18-19H,3-8,15-17,20H2,1-2H3,(H2,33,34)(H2,40,41,42). The third kappa shape index (κ3) is 7.77. The number of phosphoric ester groups is 1. The summed E-state index contributed by atoms with van der Waals surface area (Å²) in [4.78, 5) is 52.5. The van der Waals surface area contributed by atoms with Gasteiger partial charge in [-0.25, -0.2) is 14.5 Å². The van der Waals surface area contributed by atoms with Crippen LogP contribution < -0.4 is 10.3 Å². The Hall–Kier alpha value is -4.09. The zero-order valence-electron chi connectivity index (χ0n) is 25.4. The van der Waals surface area contributed by atoms with Gasteiger partial charge in [-0.3, -0.25) is 24.3 Å². The zero-order valence-corrected chi connectivity index (χ0v) is 26.3. The fourth-order valence-electron chi connectivity index (χ4n) is 5.53. The topological polar surface area (TPSA) is 170 Å². The molecule has 3 heterocycles. The molecule has 2 aromatic heterocycles. The highest BCUT2D eigenvalue weighted by molar-refractivity contribution is 7.46. The fourth-order valence-corrected chi connectivity index (χ4v) is 6.00. The molecule has 0 aliphatic carbocycles. The predicted molar refractivity (Wildman–Crippen MR) is 171 cm³/mol. The molecular formula is C32H38N5O7P. The summed E-state index contributed by atoms with van der Waals surface area (Å²) in [5, 5.41) is 0.938. The van der Waals surface area contributed by atoms with E-state index in [-0.39, 0.29) is 17.6 Å². The van der Waals surface area contributed by atoms with Gasteiger partial charge in [-0.1, -0.05) is 37.6 Å². The van der Waals surface area contributed by atoms with E-state index in [0.29, 0.717) is 49.6 Å². The number of pyridine rings is 1. The van der Waals surface area contributed by atoms with E-state index in [1.807, 2.05) is 12.1 Å². The minimum absolute atomic E-state index is 0.137. The number of hydrogen-bond donors (Lipinski definition) is 3. The maximum Gasteiger partial charge on any atom is 0.524 e. The summed E-state index contributed by atoms with van der Waals surface area (Å²) in [5.74, 6) is 0.849. The summed E-state index contributed by atoms with van der Waals surface area (Å²) >= 11 is 0. The molecule has 1 aliphatic heterocycles. The Morgan fingerprint density at radius 1 is 0.933 bits per heavy atom. The predicted octanol–water partition coefficient (Wildman–Crippen LogP) is 4.60. The van der Waals surface area contributed by atoms with Gasteiger partial charge in [-0.05, 0) is 61.4 Å². The molecule has 45 heavy (non-hydrogen) atoms. The molecule has 0 saturated carbocycles. The van der Waals surface area contributed by atoms with Crippen LogP contribution in [-0.2, 0) is 38.3 Å². The van der Waals surface area contributed by atoms with E-state index in [9.17, 15) is 23.9 Å². The fraction of sp³-hybridized carbons (Fsp3) is 0.375. The first-order chi connectivity index (χ1) is 21.5. The number of imidazole rings is 1. The molecule has 5 rings (SSSR count). The van der Waals surface area contributed by atoms with Gasteiger partial charge in [0, 0.05) is 50.3 Å². The van der Waals surface area contributed by atoms with Gasteiger partial charge in [0.2, 0.25) is 0 Å². The SMILES string of the molecule is CCCCc1nc2c(N)nc3cc(CCCOCCCN4C(=O)C=CC4=O)ccc3c2n1Cc1ccc(OP(=O)(O)O)c(C)c1. The maximum atomic E-state index is 11.6. The average Bonchev–Trinajstić information content (AvgIpc) is 3.51. The summed E-state index contributed by atoms with van der Waals surface area (Å²) in [5.41, 5.74) is 11.4. The van der Waals surface area contributed by atoms with Crippen LogP contribution in [0, 0.1) is 6.92 Å². The number of nitrogens with two attached hydrogens (primary N) is 1. The molecule has 2 aromatic carbocycles. The number of amides is 2. The van der Waals surface area contributed by atoms with E-state index in [2.05, 4.69) is 23.6 Å². The van der Waals surface area contributed by atoms with Crippen LogP contribution in [-0.4, -0.2) is 60.8 Å². The van der Waals surface area contributed by atoms with Gasteiger partial charge in [0.25, 0.3) is 11.8 Å². The van der Waals surface area contributed by atoms with Crippen LogP contribution in [0.15, 0.2) is 48.6 Å². The highest BCUT2D eigenvalue weighted by Gasteiger charge is 2.23. The minimum atomic E-state index is -4.67. The van der Waals surface area contributed by atoms with Gasteiger partial charge >= 0.3 is 7.82 Å². The van der Waals surface area contributed by atoms with Gasteiger partial charge in [0.1, 0.15) is 17.1 Å². The van der Waals surface area contributed by atoms with E-state index in [1.165, 1.54) is 17.1 Å². The molecule has 0 fully saturated rings. The molecule has 13 heteroatoms. The van der Waals surface area contributed by atoms with Crippen molar-refractivity contribution in [1.82, 2.24) is 19.4 Å². The number of rotatable bonds is 15. The maximum absolute atomic E-state index is 11.6. The number of nitrogens with zero attached hydrogens (tertiary/aromatic N) is 4. The molecule has 4 N–H and O–H groups in total. The van der Waals surface area contributed by atoms with Crippen LogP contribution in [0.2, 0.25) is 0 Å². The summed E-state index contributed by atoms with van der Waals surface area (Å²) in [6.07, 6.45) is 7.48. The van der Waals surface area contributed by atoms with Crippen molar-refractivity contribution in [3.05, 3.63) is 71.1 Å². The van der Waals surface area contributed by atoms with Gasteiger partial charge < -0.3 is 19.6 Å². The highest BCUT2D eigenvalue weighted by atomic mass is 31.2. The number of phosphoric acid groups is 1. The number of carbonyl (C=O) groups is 2. The number of aromatic nitrogens is 3. The number of ether oxygens (including phenoxy) is 1. The van der Waals surface area contributed by atoms with Gasteiger partial charge in [-0.15, -0.1) is 0 Å². The first-order valence-corrected chi connectivity index (χ1v) is 16.6. The number of aryl methyl sites for hydroxylation is 3. The Morgan fingerprint density at radius 3 is 2.38 bits per heavy atom. The molecule has 2 amide bonds. The molecule has 0 saturated heterocycles. The van der Waals surface area contributed by atoms with Gasteiger partial charge in [0.15, 0.2) is 5.82 Å². The normalized spacial score (nSPS) is 13.6. The lowest BCUT2D eigenvalue weighted by Crippen LogP contribution is -2.31. The van der Waals surface area contributed by atoms with Gasteiger partial charge in [-0.2, -0.15) is 0 Å². The zero-order chi connectivity index (χ0) is 32.1. The molecule has 1 aliphatic rings. The second kappa shape index (κ2) is 13.9. The van der Waals surface area contributed by atoms with E-state index < -0.39 is 7.82 Å². The van der Waals surface area contributed by atoms with E-state index in [1.54, 1.807) is 19.1 Å². The Kier molecular flexibility index (Phi) is 9.99. The second-order valence-electron chi connectivity index (χ2n) is 11.2. The van der Waals surface area contributed by atoms with E-state index in [4.69, 9.17) is 25.0 Å². The van der Waals surface area contributed by atoms with E-state index in [0.717, 1.165) is 65.5 Å². The van der Waals surface area contributed by atoms with Crippen molar-refractivity contribution in [2.75, 3.05) is 25.5 Å². The van der Waals surface area contributed by atoms with Crippen LogP contribution in [0.25, 0.3) is 21.9 Å². The third-order valence-electron chi connectivity index (χ3n) is 7.72. The molecule has 0 radical (unpaired) electrons. The van der Waals surface area contributed by atoms with Crippen LogP contribution in [0.4, 0.5) is 5.82 Å². The van der Waals surface area contributed by atoms with E-state index >= 15 is 0 Å². The number of anilines is 1. The molecule has 0 spiro atoms. The monoisotopic (exact) mass is 635 g/mol. The van der Waals surface area contributed by atoms with Crippen LogP contribution in [0.1, 0.15) is 55.1 Å². The van der Waals surface area contributed by atoms with Crippen molar-refractivity contribution in [1.29, 1.82) is 0 Å². The lowest BCUT2D eigenvalue weighted by atomic mass is 10.1. The molecular weight excluding hydrogens is 597 g/mol. The first kappa shape index (κ1) is 32.3. The second-order valence-corrected chi connectivity index (χ2v) is 12.3. The molecule has 0 atom stereocenters. The average molecular weight is 636 g/mol. The lowest BCUT2D eigenvalue weighted by Gasteiger charge is -2.14. The summed E-state index contributed by atoms with van der Waals surface area (Å²) in [6.45, 7) is 5.74. The first-order valence-electron chi connectivity index (χ1n) is 15.1. The number of carbonyl (C=O) groups excluding carboxylic acids is 2. The lowest BCUT2D eigenvalue weighted by molar-refractivity contribution is -0.136. The largest absolute Gasteiger partial charge is 0.524 e.